The molecule has 0 aromatic heterocycles. The SMILES string of the molecule is COc1ccc(NC(=O)C[C@H]2C(=O)N(c3ccc(C)cc3)C(=S)N2CCCN2CCC(C)CC2)cc1. The number of carbonyl (C=O) groups is 2. The molecule has 8 heteroatoms. The average Bonchev–Trinajstić information content (AvgIpc) is 3.10. The van der Waals surface area contributed by atoms with Crippen molar-refractivity contribution in [3.63, 3.8) is 0 Å². The third kappa shape index (κ3) is 6.23. The van der Waals surface area contributed by atoms with E-state index < -0.39 is 6.04 Å². The second kappa shape index (κ2) is 11.8. The topological polar surface area (TPSA) is 65.1 Å². The van der Waals surface area contributed by atoms with Crippen LogP contribution in [0.5, 0.6) is 5.75 Å². The number of anilines is 2. The fraction of sp³-hybridized carbons (Fsp3) is 0.464. The maximum absolute atomic E-state index is 13.6. The molecule has 2 saturated heterocycles. The number of likely N-dealkylation sites (tertiary alicyclic amines) is 1. The van der Waals surface area contributed by atoms with Crippen LogP contribution in [0.1, 0.15) is 38.2 Å². The van der Waals surface area contributed by atoms with Gasteiger partial charge in [0, 0.05) is 12.2 Å². The molecule has 2 aliphatic rings. The number of nitrogens with zero attached hydrogens (tertiary/aromatic N) is 3. The first kappa shape index (κ1) is 26.1. The van der Waals surface area contributed by atoms with E-state index in [0.29, 0.717) is 23.1 Å². The van der Waals surface area contributed by atoms with Crippen molar-refractivity contribution in [3.05, 3.63) is 54.1 Å². The van der Waals surface area contributed by atoms with E-state index in [1.807, 2.05) is 36.1 Å². The minimum atomic E-state index is -0.626. The first-order chi connectivity index (χ1) is 17.4. The van der Waals surface area contributed by atoms with Crippen LogP contribution < -0.4 is 15.0 Å². The first-order valence-electron chi connectivity index (χ1n) is 12.7. The zero-order valence-corrected chi connectivity index (χ0v) is 22.2. The predicted octanol–water partition coefficient (Wildman–Crippen LogP) is 4.46. The van der Waals surface area contributed by atoms with Crippen molar-refractivity contribution < 1.29 is 14.3 Å². The van der Waals surface area contributed by atoms with Crippen LogP contribution in [0.4, 0.5) is 11.4 Å². The molecule has 4 rings (SSSR count). The van der Waals surface area contributed by atoms with Gasteiger partial charge in [0.2, 0.25) is 5.91 Å². The maximum atomic E-state index is 13.6. The fourth-order valence-electron chi connectivity index (χ4n) is 4.83. The Morgan fingerprint density at radius 3 is 2.36 bits per heavy atom. The average molecular weight is 509 g/mol. The second-order valence-corrected chi connectivity index (χ2v) is 10.2. The van der Waals surface area contributed by atoms with Crippen LogP contribution in [0, 0.1) is 12.8 Å². The highest BCUT2D eigenvalue weighted by Crippen LogP contribution is 2.28. The van der Waals surface area contributed by atoms with Crippen LogP contribution in [-0.4, -0.2) is 66.1 Å². The van der Waals surface area contributed by atoms with Crippen LogP contribution >= 0.6 is 12.2 Å². The summed E-state index contributed by atoms with van der Waals surface area (Å²) in [7, 11) is 1.60. The molecule has 2 heterocycles. The summed E-state index contributed by atoms with van der Waals surface area (Å²) in [6, 6.07) is 14.3. The van der Waals surface area contributed by atoms with Crippen LogP contribution in [0.3, 0.4) is 0 Å². The number of thiocarbonyl (C=S) groups is 1. The number of ether oxygens (including phenoxy) is 1. The highest BCUT2D eigenvalue weighted by atomic mass is 32.1. The summed E-state index contributed by atoms with van der Waals surface area (Å²) >= 11 is 5.80. The van der Waals surface area contributed by atoms with Crippen LogP contribution in [0.15, 0.2) is 48.5 Å². The second-order valence-electron chi connectivity index (χ2n) is 9.86. The summed E-state index contributed by atoms with van der Waals surface area (Å²) in [5.41, 5.74) is 2.51. The predicted molar refractivity (Wildman–Crippen MR) is 147 cm³/mol. The van der Waals surface area contributed by atoms with Gasteiger partial charge in [-0.3, -0.25) is 14.5 Å². The van der Waals surface area contributed by atoms with Crippen molar-refractivity contribution in [2.24, 2.45) is 5.92 Å². The Kier molecular flexibility index (Phi) is 8.59. The molecule has 7 nitrogen and oxygen atoms in total. The van der Waals surface area contributed by atoms with E-state index in [1.165, 1.54) is 12.8 Å². The third-order valence-corrected chi connectivity index (χ3v) is 7.53. The largest absolute Gasteiger partial charge is 0.497 e. The molecule has 0 spiro atoms. The molecule has 192 valence electrons. The maximum Gasteiger partial charge on any atom is 0.256 e. The molecule has 2 aromatic carbocycles. The molecule has 2 amide bonds. The molecule has 1 atom stereocenters. The number of hydrogen-bond donors (Lipinski definition) is 1. The lowest BCUT2D eigenvalue weighted by Gasteiger charge is -2.31. The van der Waals surface area contributed by atoms with E-state index in [0.717, 1.165) is 43.2 Å². The molecule has 2 aliphatic heterocycles. The van der Waals surface area contributed by atoms with E-state index in [-0.39, 0.29) is 18.2 Å². The Balaban J connectivity index is 1.45. The summed E-state index contributed by atoms with van der Waals surface area (Å²) < 4.78 is 5.18. The fourth-order valence-corrected chi connectivity index (χ4v) is 5.25. The highest BCUT2D eigenvalue weighted by molar-refractivity contribution is 7.80. The van der Waals surface area contributed by atoms with Gasteiger partial charge in [0.05, 0.1) is 19.2 Å². The number of amides is 2. The van der Waals surface area contributed by atoms with Crippen molar-refractivity contribution in [1.29, 1.82) is 0 Å². The van der Waals surface area contributed by atoms with Crippen LogP contribution in [-0.2, 0) is 9.59 Å². The number of hydrogen-bond acceptors (Lipinski definition) is 5. The zero-order valence-electron chi connectivity index (χ0n) is 21.4. The molecule has 0 saturated carbocycles. The van der Waals surface area contributed by atoms with Gasteiger partial charge >= 0.3 is 0 Å². The first-order valence-corrected chi connectivity index (χ1v) is 13.1. The van der Waals surface area contributed by atoms with Crippen molar-refractivity contribution in [2.45, 2.75) is 45.6 Å². The summed E-state index contributed by atoms with van der Waals surface area (Å²) in [6.07, 6.45) is 3.39. The van der Waals surface area contributed by atoms with E-state index >= 15 is 0 Å². The van der Waals surface area contributed by atoms with E-state index in [2.05, 4.69) is 17.1 Å². The quantitative estimate of drug-likeness (QED) is 0.505. The van der Waals surface area contributed by atoms with Gasteiger partial charge in [-0.2, -0.15) is 0 Å². The highest BCUT2D eigenvalue weighted by Gasteiger charge is 2.43. The number of piperidine rings is 1. The van der Waals surface area contributed by atoms with Crippen molar-refractivity contribution in [1.82, 2.24) is 9.80 Å². The standard InChI is InChI=1S/C28H36N4O3S/c1-20-5-9-23(10-6-20)32-27(34)25(19-26(33)29-22-7-11-24(35-3)12-8-22)31(28(32)36)16-4-15-30-17-13-21(2)14-18-30/h5-12,21,25H,4,13-19H2,1-3H3,(H,29,33)/t25-/m0/s1. The Labute approximate surface area is 219 Å². The number of methoxy groups -OCH3 is 1. The molecule has 0 bridgehead atoms. The van der Waals surface area contributed by atoms with Gasteiger partial charge < -0.3 is 19.9 Å². The Hall–Kier alpha value is -2.97. The smallest absolute Gasteiger partial charge is 0.256 e. The van der Waals surface area contributed by atoms with E-state index in [4.69, 9.17) is 17.0 Å². The molecular weight excluding hydrogens is 472 g/mol. The molecule has 1 N–H and O–H groups in total. The van der Waals surface area contributed by atoms with Gasteiger partial charge in [-0.25, -0.2) is 0 Å². The van der Waals surface area contributed by atoms with Gasteiger partial charge in [-0.05, 0) is 100 Å². The van der Waals surface area contributed by atoms with Crippen LogP contribution in [0.25, 0.3) is 0 Å². The number of nitrogens with one attached hydrogen (secondary N) is 1. The van der Waals surface area contributed by atoms with Gasteiger partial charge in [0.1, 0.15) is 11.8 Å². The van der Waals surface area contributed by atoms with Gasteiger partial charge in [0.15, 0.2) is 5.11 Å². The third-order valence-electron chi connectivity index (χ3n) is 7.11. The van der Waals surface area contributed by atoms with Crippen molar-refractivity contribution in [3.8, 4) is 5.75 Å². The molecule has 0 unspecified atom stereocenters. The summed E-state index contributed by atoms with van der Waals surface area (Å²) in [5.74, 6) is 1.14. The number of aryl methyl sites for hydroxylation is 1. The van der Waals surface area contributed by atoms with E-state index in [1.54, 1.807) is 36.3 Å². The summed E-state index contributed by atoms with van der Waals surface area (Å²) in [5, 5.41) is 3.38. The summed E-state index contributed by atoms with van der Waals surface area (Å²) in [4.78, 5) is 32.6. The Bertz CT molecular complexity index is 1070. The number of rotatable bonds is 9. The Morgan fingerprint density at radius 2 is 1.72 bits per heavy atom. The lowest BCUT2D eigenvalue weighted by atomic mass is 9.99. The lowest BCUT2D eigenvalue weighted by molar-refractivity contribution is -0.124. The van der Waals surface area contributed by atoms with Gasteiger partial charge in [-0.15, -0.1) is 0 Å². The molecule has 0 radical (unpaired) electrons. The van der Waals surface area contributed by atoms with Crippen LogP contribution in [0.2, 0.25) is 0 Å². The minimum absolute atomic E-state index is 0.0363. The Morgan fingerprint density at radius 1 is 1.06 bits per heavy atom. The molecule has 36 heavy (non-hydrogen) atoms. The monoisotopic (exact) mass is 508 g/mol. The number of benzene rings is 2. The van der Waals surface area contributed by atoms with E-state index in [9.17, 15) is 9.59 Å². The molecule has 0 aliphatic carbocycles. The molecule has 2 aromatic rings. The molecule has 2 fully saturated rings. The normalized spacial score (nSPS) is 19.1. The molecular formula is C28H36N4O3S. The number of carbonyl (C=O) groups excluding carboxylic acids is 2. The van der Waals surface area contributed by atoms with Gasteiger partial charge in [0.25, 0.3) is 5.91 Å². The van der Waals surface area contributed by atoms with Crippen molar-refractivity contribution >= 4 is 40.5 Å². The summed E-state index contributed by atoms with van der Waals surface area (Å²) in [6.45, 7) is 8.16. The van der Waals surface area contributed by atoms with Crippen molar-refractivity contribution in [2.75, 3.05) is 43.5 Å². The van der Waals surface area contributed by atoms with Gasteiger partial charge in [-0.1, -0.05) is 24.6 Å². The lowest BCUT2D eigenvalue weighted by Crippen LogP contribution is -2.40. The minimum Gasteiger partial charge on any atom is -0.497 e. The zero-order chi connectivity index (χ0) is 25.7.